The molecule has 2 amide bonds. The first-order chi connectivity index (χ1) is 12.0. The molecule has 0 saturated carbocycles. The molecule has 0 spiro atoms. The van der Waals surface area contributed by atoms with Crippen molar-refractivity contribution in [1.82, 2.24) is 10.2 Å². The lowest BCUT2D eigenvalue weighted by Crippen LogP contribution is -2.27. The molecule has 0 unspecified atom stereocenters. The van der Waals surface area contributed by atoms with E-state index >= 15 is 0 Å². The Morgan fingerprint density at radius 1 is 1.16 bits per heavy atom. The van der Waals surface area contributed by atoms with Crippen LogP contribution < -0.4 is 5.32 Å². The lowest BCUT2D eigenvalue weighted by molar-refractivity contribution is -0.128. The molecule has 4 nitrogen and oxygen atoms in total. The quantitative estimate of drug-likeness (QED) is 0.906. The number of hydrogen-bond donors (Lipinski definition) is 1. The molecule has 1 heterocycles. The van der Waals surface area contributed by atoms with Crippen molar-refractivity contribution >= 4 is 11.8 Å². The van der Waals surface area contributed by atoms with E-state index < -0.39 is 0 Å². The van der Waals surface area contributed by atoms with Crippen molar-refractivity contribution in [2.45, 2.75) is 32.4 Å². The molecule has 1 aliphatic rings. The Bertz CT molecular complexity index is 756. The average molecular weight is 340 g/mol. The van der Waals surface area contributed by atoms with Crippen LogP contribution in [0.4, 0.5) is 4.39 Å². The fraction of sp³-hybridized carbons (Fsp3) is 0.300. The van der Waals surface area contributed by atoms with Gasteiger partial charge in [-0.25, -0.2) is 4.39 Å². The van der Waals surface area contributed by atoms with Gasteiger partial charge in [0.2, 0.25) is 5.91 Å². The summed E-state index contributed by atoms with van der Waals surface area (Å²) in [5, 5.41) is 2.91. The Kier molecular flexibility index (Phi) is 5.12. The molecule has 3 rings (SSSR count). The standard InChI is InChI=1S/C20H21FN2O2/c1-14(16-8-10-18(21)11-9-16)22-20(25)17-6-4-15(5-7-17)13-23-12-2-3-19(23)24/h4-11,14H,2-3,12-13H2,1H3,(H,22,25)/t14-/m1/s1. The maximum absolute atomic E-state index is 13.0. The summed E-state index contributed by atoms with van der Waals surface area (Å²) in [6.45, 7) is 3.25. The van der Waals surface area contributed by atoms with E-state index in [-0.39, 0.29) is 23.7 Å². The van der Waals surface area contributed by atoms with Gasteiger partial charge in [0.05, 0.1) is 6.04 Å². The van der Waals surface area contributed by atoms with E-state index in [9.17, 15) is 14.0 Å². The van der Waals surface area contributed by atoms with E-state index in [0.29, 0.717) is 18.5 Å². The Balaban J connectivity index is 1.60. The maximum atomic E-state index is 13.0. The summed E-state index contributed by atoms with van der Waals surface area (Å²) >= 11 is 0. The molecule has 2 aromatic rings. The number of nitrogens with one attached hydrogen (secondary N) is 1. The van der Waals surface area contributed by atoms with Crippen LogP contribution in [0.5, 0.6) is 0 Å². The number of halogens is 1. The molecule has 0 aliphatic carbocycles. The zero-order chi connectivity index (χ0) is 17.8. The molecule has 0 bridgehead atoms. The van der Waals surface area contributed by atoms with Gasteiger partial charge in [-0.2, -0.15) is 0 Å². The number of carbonyl (C=O) groups excluding carboxylic acids is 2. The molecule has 1 atom stereocenters. The highest BCUT2D eigenvalue weighted by Gasteiger charge is 2.20. The molecule has 0 aromatic heterocycles. The van der Waals surface area contributed by atoms with Gasteiger partial charge < -0.3 is 10.2 Å². The lowest BCUT2D eigenvalue weighted by atomic mass is 10.1. The predicted octanol–water partition coefficient (Wildman–Crippen LogP) is 3.44. The van der Waals surface area contributed by atoms with Gasteiger partial charge in [-0.15, -0.1) is 0 Å². The van der Waals surface area contributed by atoms with Crippen molar-refractivity contribution in [3.05, 3.63) is 71.0 Å². The fourth-order valence-electron chi connectivity index (χ4n) is 2.97. The second kappa shape index (κ2) is 7.47. The summed E-state index contributed by atoms with van der Waals surface area (Å²) in [5.74, 6) is -0.287. The number of benzene rings is 2. The first kappa shape index (κ1) is 17.1. The van der Waals surface area contributed by atoms with Gasteiger partial charge in [0, 0.05) is 25.1 Å². The van der Waals surface area contributed by atoms with E-state index in [1.165, 1.54) is 12.1 Å². The molecule has 130 valence electrons. The highest BCUT2D eigenvalue weighted by Crippen LogP contribution is 2.16. The van der Waals surface area contributed by atoms with Crippen molar-refractivity contribution in [3.63, 3.8) is 0 Å². The fourth-order valence-corrected chi connectivity index (χ4v) is 2.97. The summed E-state index contributed by atoms with van der Waals surface area (Å²) in [6.07, 6.45) is 1.54. The summed E-state index contributed by atoms with van der Waals surface area (Å²) in [4.78, 5) is 25.9. The van der Waals surface area contributed by atoms with E-state index in [0.717, 1.165) is 24.1 Å². The number of nitrogens with zero attached hydrogens (tertiary/aromatic N) is 1. The van der Waals surface area contributed by atoms with Crippen LogP contribution in [0.25, 0.3) is 0 Å². The molecule has 1 aliphatic heterocycles. The normalized spacial score (nSPS) is 15.3. The first-order valence-corrected chi connectivity index (χ1v) is 8.46. The minimum absolute atomic E-state index is 0.180. The Hall–Kier alpha value is -2.69. The van der Waals surface area contributed by atoms with Gasteiger partial charge >= 0.3 is 0 Å². The molecular weight excluding hydrogens is 319 g/mol. The van der Waals surface area contributed by atoms with Gasteiger partial charge in [0.15, 0.2) is 0 Å². The van der Waals surface area contributed by atoms with Crippen molar-refractivity contribution in [3.8, 4) is 0 Å². The van der Waals surface area contributed by atoms with Crippen LogP contribution in [0.1, 0.15) is 47.3 Å². The summed E-state index contributed by atoms with van der Waals surface area (Å²) in [5.41, 5.74) is 2.42. The summed E-state index contributed by atoms with van der Waals surface area (Å²) in [6, 6.07) is 13.2. The van der Waals surface area contributed by atoms with Crippen LogP contribution in [0.2, 0.25) is 0 Å². The molecule has 1 N–H and O–H groups in total. The first-order valence-electron chi connectivity index (χ1n) is 8.46. The number of likely N-dealkylation sites (tertiary alicyclic amines) is 1. The maximum Gasteiger partial charge on any atom is 0.251 e. The topological polar surface area (TPSA) is 49.4 Å². The Morgan fingerprint density at radius 2 is 1.84 bits per heavy atom. The molecule has 5 heteroatoms. The summed E-state index contributed by atoms with van der Waals surface area (Å²) < 4.78 is 13.0. The van der Waals surface area contributed by atoms with Crippen LogP contribution in [0, 0.1) is 5.82 Å². The van der Waals surface area contributed by atoms with Crippen LogP contribution in [0.15, 0.2) is 48.5 Å². The largest absolute Gasteiger partial charge is 0.346 e. The van der Waals surface area contributed by atoms with E-state index in [1.807, 2.05) is 24.0 Å². The van der Waals surface area contributed by atoms with Crippen molar-refractivity contribution in [2.24, 2.45) is 0 Å². The predicted molar refractivity (Wildman–Crippen MR) is 93.4 cm³/mol. The number of rotatable bonds is 5. The van der Waals surface area contributed by atoms with Gasteiger partial charge in [-0.05, 0) is 48.7 Å². The second-order valence-corrected chi connectivity index (χ2v) is 6.36. The minimum atomic E-state index is -0.297. The van der Waals surface area contributed by atoms with Crippen LogP contribution >= 0.6 is 0 Å². The van der Waals surface area contributed by atoms with Gasteiger partial charge in [-0.3, -0.25) is 9.59 Å². The lowest BCUT2D eigenvalue weighted by Gasteiger charge is -2.16. The average Bonchev–Trinajstić information content (AvgIpc) is 3.01. The van der Waals surface area contributed by atoms with E-state index in [2.05, 4.69) is 5.32 Å². The van der Waals surface area contributed by atoms with Crippen LogP contribution in [-0.4, -0.2) is 23.3 Å². The zero-order valence-corrected chi connectivity index (χ0v) is 14.2. The zero-order valence-electron chi connectivity index (χ0n) is 14.2. The number of hydrogen-bond acceptors (Lipinski definition) is 2. The second-order valence-electron chi connectivity index (χ2n) is 6.36. The highest BCUT2D eigenvalue weighted by molar-refractivity contribution is 5.94. The van der Waals surface area contributed by atoms with Gasteiger partial charge in [0.25, 0.3) is 5.91 Å². The number of carbonyl (C=O) groups is 2. The third kappa shape index (κ3) is 4.24. The minimum Gasteiger partial charge on any atom is -0.346 e. The summed E-state index contributed by atoms with van der Waals surface area (Å²) in [7, 11) is 0. The monoisotopic (exact) mass is 340 g/mol. The Labute approximate surface area is 146 Å². The van der Waals surface area contributed by atoms with Crippen LogP contribution in [0.3, 0.4) is 0 Å². The molecule has 25 heavy (non-hydrogen) atoms. The molecule has 1 fully saturated rings. The third-order valence-electron chi connectivity index (χ3n) is 4.48. The molecule has 0 radical (unpaired) electrons. The molecular formula is C20H21FN2O2. The molecule has 2 aromatic carbocycles. The van der Waals surface area contributed by atoms with Crippen molar-refractivity contribution < 1.29 is 14.0 Å². The van der Waals surface area contributed by atoms with E-state index in [4.69, 9.17) is 0 Å². The van der Waals surface area contributed by atoms with Gasteiger partial charge in [-0.1, -0.05) is 24.3 Å². The molecule has 1 saturated heterocycles. The number of amides is 2. The highest BCUT2D eigenvalue weighted by atomic mass is 19.1. The van der Waals surface area contributed by atoms with Crippen molar-refractivity contribution in [2.75, 3.05) is 6.54 Å². The van der Waals surface area contributed by atoms with Crippen LogP contribution in [-0.2, 0) is 11.3 Å². The van der Waals surface area contributed by atoms with E-state index in [1.54, 1.807) is 24.3 Å². The Morgan fingerprint density at radius 3 is 2.44 bits per heavy atom. The van der Waals surface area contributed by atoms with Gasteiger partial charge in [0.1, 0.15) is 5.82 Å². The SMILES string of the molecule is C[C@@H](NC(=O)c1ccc(CN2CCCC2=O)cc1)c1ccc(F)cc1. The smallest absolute Gasteiger partial charge is 0.251 e. The third-order valence-corrected chi connectivity index (χ3v) is 4.48. The van der Waals surface area contributed by atoms with Crippen molar-refractivity contribution in [1.29, 1.82) is 0 Å².